The molecule has 17 heavy (non-hydrogen) atoms. The SMILES string of the molecule is Cn1cc(S(=O)(=O)NCCc2ccsc2)cn1. The number of thiophene rings is 1. The van der Waals surface area contributed by atoms with Crippen LogP contribution in [0.3, 0.4) is 0 Å². The van der Waals surface area contributed by atoms with Gasteiger partial charge in [-0.1, -0.05) is 0 Å². The highest BCUT2D eigenvalue weighted by molar-refractivity contribution is 7.89. The van der Waals surface area contributed by atoms with Crippen molar-refractivity contribution in [3.05, 3.63) is 34.8 Å². The minimum Gasteiger partial charge on any atom is -0.274 e. The predicted octanol–water partition coefficient (Wildman–Crippen LogP) is 1.00. The third-order valence-corrected chi connectivity index (χ3v) is 4.42. The van der Waals surface area contributed by atoms with E-state index < -0.39 is 10.0 Å². The number of hydrogen-bond donors (Lipinski definition) is 1. The van der Waals surface area contributed by atoms with Crippen LogP contribution in [0.1, 0.15) is 5.56 Å². The molecule has 0 aromatic carbocycles. The molecule has 5 nitrogen and oxygen atoms in total. The molecule has 0 fully saturated rings. The molecule has 0 aliphatic heterocycles. The molecule has 2 heterocycles. The van der Waals surface area contributed by atoms with E-state index in [-0.39, 0.29) is 4.90 Å². The number of nitrogens with one attached hydrogen (secondary N) is 1. The number of rotatable bonds is 5. The number of hydrogen-bond acceptors (Lipinski definition) is 4. The molecule has 0 spiro atoms. The van der Waals surface area contributed by atoms with E-state index in [0.717, 1.165) is 5.56 Å². The molecule has 92 valence electrons. The van der Waals surface area contributed by atoms with E-state index >= 15 is 0 Å². The van der Waals surface area contributed by atoms with Crippen LogP contribution >= 0.6 is 11.3 Å². The molecule has 0 aliphatic rings. The largest absolute Gasteiger partial charge is 0.274 e. The van der Waals surface area contributed by atoms with E-state index in [1.54, 1.807) is 18.4 Å². The van der Waals surface area contributed by atoms with Crippen molar-refractivity contribution < 1.29 is 8.42 Å². The minimum atomic E-state index is -3.42. The Balaban J connectivity index is 1.94. The summed E-state index contributed by atoms with van der Waals surface area (Å²) >= 11 is 1.61. The molecule has 0 amide bonds. The van der Waals surface area contributed by atoms with E-state index in [9.17, 15) is 8.42 Å². The first-order chi connectivity index (χ1) is 8.08. The molecule has 0 radical (unpaired) electrons. The topological polar surface area (TPSA) is 64.0 Å². The molecule has 0 saturated heterocycles. The Bertz CT molecular complexity index is 572. The van der Waals surface area contributed by atoms with Crippen molar-refractivity contribution in [1.29, 1.82) is 0 Å². The van der Waals surface area contributed by atoms with E-state index in [1.165, 1.54) is 17.1 Å². The monoisotopic (exact) mass is 271 g/mol. The van der Waals surface area contributed by atoms with Crippen LogP contribution in [0, 0.1) is 0 Å². The molecular weight excluding hydrogens is 258 g/mol. The third kappa shape index (κ3) is 3.15. The zero-order valence-corrected chi connectivity index (χ0v) is 11.0. The molecule has 0 saturated carbocycles. The summed E-state index contributed by atoms with van der Waals surface area (Å²) in [5.74, 6) is 0. The Hall–Kier alpha value is -1.18. The Labute approximate surface area is 104 Å². The molecule has 0 bridgehead atoms. The molecule has 7 heteroatoms. The summed E-state index contributed by atoms with van der Waals surface area (Å²) in [7, 11) is -1.74. The average molecular weight is 271 g/mol. The maximum absolute atomic E-state index is 11.8. The number of aromatic nitrogens is 2. The normalized spacial score (nSPS) is 11.8. The Morgan fingerprint density at radius 1 is 1.53 bits per heavy atom. The molecule has 2 rings (SSSR count). The van der Waals surface area contributed by atoms with Crippen molar-refractivity contribution >= 4 is 21.4 Å². The van der Waals surface area contributed by atoms with E-state index in [1.807, 2.05) is 16.8 Å². The van der Waals surface area contributed by atoms with E-state index in [2.05, 4.69) is 9.82 Å². The summed E-state index contributed by atoms with van der Waals surface area (Å²) in [6, 6.07) is 1.99. The Morgan fingerprint density at radius 2 is 2.35 bits per heavy atom. The van der Waals surface area contributed by atoms with Gasteiger partial charge in [-0.05, 0) is 28.8 Å². The highest BCUT2D eigenvalue weighted by Gasteiger charge is 2.14. The molecular formula is C10H13N3O2S2. The van der Waals surface area contributed by atoms with E-state index in [4.69, 9.17) is 0 Å². The van der Waals surface area contributed by atoms with Gasteiger partial charge in [0.15, 0.2) is 0 Å². The summed E-state index contributed by atoms with van der Waals surface area (Å²) in [5.41, 5.74) is 1.14. The van der Waals surface area contributed by atoms with E-state index in [0.29, 0.717) is 13.0 Å². The van der Waals surface area contributed by atoms with Crippen LogP contribution in [0.4, 0.5) is 0 Å². The van der Waals surface area contributed by atoms with Crippen molar-refractivity contribution in [2.45, 2.75) is 11.3 Å². The lowest BCUT2D eigenvalue weighted by Gasteiger charge is -2.03. The van der Waals surface area contributed by atoms with Crippen molar-refractivity contribution in [2.75, 3.05) is 6.54 Å². The van der Waals surface area contributed by atoms with Crippen molar-refractivity contribution in [3.8, 4) is 0 Å². The van der Waals surface area contributed by atoms with Gasteiger partial charge in [0.2, 0.25) is 10.0 Å². The molecule has 2 aromatic heterocycles. The molecule has 1 N–H and O–H groups in total. The number of nitrogens with zero attached hydrogens (tertiary/aromatic N) is 2. The summed E-state index contributed by atoms with van der Waals surface area (Å²) in [5, 5.41) is 7.83. The fourth-order valence-electron chi connectivity index (χ4n) is 1.39. The third-order valence-electron chi connectivity index (χ3n) is 2.28. The van der Waals surface area contributed by atoms with Gasteiger partial charge in [0.25, 0.3) is 0 Å². The van der Waals surface area contributed by atoms with Gasteiger partial charge in [-0.3, -0.25) is 4.68 Å². The fourth-order valence-corrected chi connectivity index (χ4v) is 3.10. The second-order valence-electron chi connectivity index (χ2n) is 3.63. The van der Waals surface area contributed by atoms with Crippen LogP contribution in [0.15, 0.2) is 34.1 Å². The zero-order valence-electron chi connectivity index (χ0n) is 9.33. The van der Waals surface area contributed by atoms with Gasteiger partial charge in [0.1, 0.15) is 4.90 Å². The number of sulfonamides is 1. The molecule has 0 unspecified atom stereocenters. The predicted molar refractivity (Wildman–Crippen MR) is 66.4 cm³/mol. The van der Waals surface area contributed by atoms with Crippen molar-refractivity contribution in [1.82, 2.24) is 14.5 Å². The maximum atomic E-state index is 11.8. The Kier molecular flexibility index (Phi) is 3.60. The smallest absolute Gasteiger partial charge is 0.243 e. The first kappa shape index (κ1) is 12.3. The van der Waals surface area contributed by atoms with Gasteiger partial charge in [-0.25, -0.2) is 13.1 Å². The standard InChI is InChI=1S/C10H13N3O2S2/c1-13-7-10(6-11-13)17(14,15)12-4-2-9-3-5-16-8-9/h3,5-8,12H,2,4H2,1H3. The van der Waals surface area contributed by atoms with Crippen LogP contribution in [0.25, 0.3) is 0 Å². The summed E-state index contributed by atoms with van der Waals surface area (Å²) in [6.07, 6.45) is 3.52. The van der Waals surface area contributed by atoms with Crippen LogP contribution in [-0.4, -0.2) is 24.7 Å². The average Bonchev–Trinajstić information content (AvgIpc) is 2.89. The van der Waals surface area contributed by atoms with Gasteiger partial charge in [-0.2, -0.15) is 16.4 Å². The number of aryl methyl sites for hydroxylation is 1. The van der Waals surface area contributed by atoms with Crippen molar-refractivity contribution in [2.24, 2.45) is 7.05 Å². The Morgan fingerprint density at radius 3 is 2.94 bits per heavy atom. The second kappa shape index (κ2) is 4.99. The molecule has 0 atom stereocenters. The lowest BCUT2D eigenvalue weighted by atomic mass is 10.2. The highest BCUT2D eigenvalue weighted by Crippen LogP contribution is 2.08. The molecule has 0 aliphatic carbocycles. The van der Waals surface area contributed by atoms with Crippen LogP contribution in [-0.2, 0) is 23.5 Å². The van der Waals surface area contributed by atoms with Gasteiger partial charge < -0.3 is 0 Å². The first-order valence-electron chi connectivity index (χ1n) is 5.07. The maximum Gasteiger partial charge on any atom is 0.243 e. The highest BCUT2D eigenvalue weighted by atomic mass is 32.2. The molecule has 2 aromatic rings. The van der Waals surface area contributed by atoms with Crippen LogP contribution < -0.4 is 4.72 Å². The van der Waals surface area contributed by atoms with Crippen LogP contribution in [0.2, 0.25) is 0 Å². The summed E-state index contributed by atoms with van der Waals surface area (Å²) < 4.78 is 27.6. The quantitative estimate of drug-likeness (QED) is 0.882. The lowest BCUT2D eigenvalue weighted by Crippen LogP contribution is -2.25. The zero-order chi connectivity index (χ0) is 12.3. The summed E-state index contributed by atoms with van der Waals surface area (Å²) in [6.45, 7) is 0.397. The minimum absolute atomic E-state index is 0.199. The second-order valence-corrected chi connectivity index (χ2v) is 6.18. The summed E-state index contributed by atoms with van der Waals surface area (Å²) in [4.78, 5) is 0.199. The van der Waals surface area contributed by atoms with Crippen molar-refractivity contribution in [3.63, 3.8) is 0 Å². The lowest BCUT2D eigenvalue weighted by molar-refractivity contribution is 0.581. The van der Waals surface area contributed by atoms with Gasteiger partial charge >= 0.3 is 0 Å². The van der Waals surface area contributed by atoms with Crippen LogP contribution in [0.5, 0.6) is 0 Å². The fraction of sp³-hybridized carbons (Fsp3) is 0.300. The van der Waals surface area contributed by atoms with Gasteiger partial charge in [0.05, 0.1) is 6.20 Å². The van der Waals surface area contributed by atoms with Gasteiger partial charge in [-0.15, -0.1) is 0 Å². The van der Waals surface area contributed by atoms with Gasteiger partial charge in [0, 0.05) is 19.8 Å². The first-order valence-corrected chi connectivity index (χ1v) is 7.50.